The molecule has 0 saturated carbocycles. The highest BCUT2D eigenvalue weighted by molar-refractivity contribution is 4.98. The third-order valence-electron chi connectivity index (χ3n) is 10.3. The fraction of sp³-hybridized carbons (Fsp3) is 1.00. The minimum atomic E-state index is -1.93. The molecular formula is C30H52O26. The van der Waals surface area contributed by atoms with E-state index in [-0.39, 0.29) is 0 Å². The molecule has 0 amide bonds. The van der Waals surface area contributed by atoms with Gasteiger partial charge >= 0.3 is 0 Å². The van der Waals surface area contributed by atoms with Crippen LogP contribution in [0.3, 0.4) is 0 Å². The van der Waals surface area contributed by atoms with E-state index in [1.54, 1.807) is 0 Å². The van der Waals surface area contributed by atoms with Crippen LogP contribution in [-0.4, -0.2) is 273 Å². The molecule has 26 nitrogen and oxygen atoms in total. The average Bonchev–Trinajstić information content (AvgIpc) is 3.84. The zero-order valence-electron chi connectivity index (χ0n) is 29.2. The van der Waals surface area contributed by atoms with Gasteiger partial charge in [-0.15, -0.1) is 0 Å². The average molecular weight is 829 g/mol. The van der Waals surface area contributed by atoms with E-state index in [9.17, 15) is 81.7 Å². The van der Waals surface area contributed by atoms with Crippen molar-refractivity contribution in [2.45, 2.75) is 154 Å². The van der Waals surface area contributed by atoms with Crippen LogP contribution < -0.4 is 0 Å². The SMILES string of the molecule is OC[C@@H](O)[C@@H]1O[C@@H](O[C@H](CO)[C@@H]2O[C@@H](O[C@H](CO)[C@@H]3O[C@@H](O[C@H](CO)[C@@H]4O[C@@H](OC[C@H]5O[C@H](O)[C@@H](O)[C@@H](O)[C@@H]5O)[C@H](O)[C@H]4O)[C@H](O)[C@H]3O)[C@H](O)[C@H]2O)[C@H](O)[C@H]1O. The number of aliphatic hydroxyl groups is 17. The predicted octanol–water partition coefficient (Wildman–Crippen LogP) is -11.9. The lowest BCUT2D eigenvalue weighted by Crippen LogP contribution is -2.58. The Balaban J connectivity index is 1.17. The summed E-state index contributed by atoms with van der Waals surface area (Å²) in [6.45, 7) is -4.33. The molecule has 0 radical (unpaired) electrons. The summed E-state index contributed by atoms with van der Waals surface area (Å²) in [6, 6.07) is 0. The zero-order valence-corrected chi connectivity index (χ0v) is 29.2. The Labute approximate surface area is 316 Å². The second-order valence-electron chi connectivity index (χ2n) is 14.0. The van der Waals surface area contributed by atoms with E-state index in [4.69, 9.17) is 47.7 Å². The van der Waals surface area contributed by atoms with Gasteiger partial charge in [0, 0.05) is 0 Å². The molecule has 328 valence electrons. The Bertz CT molecular complexity index is 1210. The van der Waals surface area contributed by atoms with Crippen molar-refractivity contribution in [2.75, 3.05) is 33.0 Å². The summed E-state index contributed by atoms with van der Waals surface area (Å²) in [7, 11) is 0. The Hall–Kier alpha value is -1.04. The highest BCUT2D eigenvalue weighted by atomic mass is 16.8. The van der Waals surface area contributed by atoms with Gasteiger partial charge in [0.1, 0.15) is 122 Å². The Kier molecular flexibility index (Phi) is 16.1. The maximum absolute atomic E-state index is 10.8. The number of hydrogen-bond acceptors (Lipinski definition) is 26. The first-order chi connectivity index (χ1) is 26.5. The van der Waals surface area contributed by atoms with Crippen molar-refractivity contribution < 1.29 is 129 Å². The van der Waals surface area contributed by atoms with Crippen LogP contribution >= 0.6 is 0 Å². The summed E-state index contributed by atoms with van der Waals surface area (Å²) in [6.07, 6.45) is -43.3. The van der Waals surface area contributed by atoms with E-state index in [1.807, 2.05) is 0 Å². The molecule has 5 saturated heterocycles. The molecule has 5 fully saturated rings. The van der Waals surface area contributed by atoms with Crippen molar-refractivity contribution in [2.24, 2.45) is 0 Å². The fourth-order valence-electron chi connectivity index (χ4n) is 6.95. The summed E-state index contributed by atoms with van der Waals surface area (Å²) in [4.78, 5) is 0. The smallest absolute Gasteiger partial charge is 0.187 e. The minimum absolute atomic E-state index is 0.640. The molecule has 0 bridgehead atoms. The molecule has 0 aromatic heterocycles. The van der Waals surface area contributed by atoms with Gasteiger partial charge in [-0.05, 0) is 0 Å². The third kappa shape index (κ3) is 9.31. The zero-order chi connectivity index (χ0) is 41.3. The largest absolute Gasteiger partial charge is 0.394 e. The summed E-state index contributed by atoms with van der Waals surface area (Å²) >= 11 is 0. The van der Waals surface area contributed by atoms with Crippen LogP contribution in [0.4, 0.5) is 0 Å². The van der Waals surface area contributed by atoms with Gasteiger partial charge in [0.25, 0.3) is 0 Å². The van der Waals surface area contributed by atoms with Crippen LogP contribution in [0.2, 0.25) is 0 Å². The molecule has 25 atom stereocenters. The van der Waals surface area contributed by atoms with E-state index >= 15 is 0 Å². The van der Waals surface area contributed by atoms with Gasteiger partial charge in [-0.1, -0.05) is 0 Å². The van der Waals surface area contributed by atoms with Crippen LogP contribution in [0.15, 0.2) is 0 Å². The molecule has 56 heavy (non-hydrogen) atoms. The van der Waals surface area contributed by atoms with Gasteiger partial charge in [0.05, 0.1) is 33.0 Å². The molecule has 5 heterocycles. The van der Waals surface area contributed by atoms with Crippen molar-refractivity contribution in [3.05, 3.63) is 0 Å². The van der Waals surface area contributed by atoms with Gasteiger partial charge in [0.15, 0.2) is 31.5 Å². The summed E-state index contributed by atoms with van der Waals surface area (Å²) in [5, 5.41) is 173. The first-order valence-corrected chi connectivity index (χ1v) is 17.6. The maximum Gasteiger partial charge on any atom is 0.187 e. The number of rotatable bonds is 17. The van der Waals surface area contributed by atoms with Crippen LogP contribution in [0.1, 0.15) is 0 Å². The summed E-state index contributed by atoms with van der Waals surface area (Å²) < 4.78 is 48.8. The molecule has 0 aromatic carbocycles. The number of ether oxygens (including phenoxy) is 9. The highest BCUT2D eigenvalue weighted by Gasteiger charge is 2.56. The molecular weight excluding hydrogens is 776 g/mol. The van der Waals surface area contributed by atoms with Gasteiger partial charge in [-0.25, -0.2) is 0 Å². The Morgan fingerprint density at radius 3 is 1.12 bits per heavy atom. The van der Waals surface area contributed by atoms with Gasteiger partial charge in [-0.2, -0.15) is 0 Å². The van der Waals surface area contributed by atoms with E-state index in [0.717, 1.165) is 0 Å². The van der Waals surface area contributed by atoms with Crippen molar-refractivity contribution >= 4 is 0 Å². The van der Waals surface area contributed by atoms with Crippen LogP contribution in [-0.2, 0) is 42.6 Å². The van der Waals surface area contributed by atoms with Crippen molar-refractivity contribution in [3.63, 3.8) is 0 Å². The first kappa shape index (κ1) is 46.0. The highest BCUT2D eigenvalue weighted by Crippen LogP contribution is 2.35. The van der Waals surface area contributed by atoms with Crippen LogP contribution in [0, 0.1) is 0 Å². The van der Waals surface area contributed by atoms with E-state index in [0.29, 0.717) is 0 Å². The molecule has 26 heteroatoms. The molecule has 0 aromatic rings. The van der Waals surface area contributed by atoms with Crippen molar-refractivity contribution in [3.8, 4) is 0 Å². The quantitative estimate of drug-likeness (QED) is 0.0647. The van der Waals surface area contributed by atoms with Gasteiger partial charge in [-0.3, -0.25) is 0 Å². The fourth-order valence-corrected chi connectivity index (χ4v) is 6.95. The predicted molar refractivity (Wildman–Crippen MR) is 167 cm³/mol. The molecule has 0 aliphatic carbocycles. The maximum atomic E-state index is 10.8. The minimum Gasteiger partial charge on any atom is -0.394 e. The normalized spacial score (nSPS) is 49.3. The summed E-state index contributed by atoms with van der Waals surface area (Å²) in [5.74, 6) is 0. The Morgan fingerprint density at radius 1 is 0.375 bits per heavy atom. The van der Waals surface area contributed by atoms with E-state index in [1.165, 1.54) is 0 Å². The third-order valence-corrected chi connectivity index (χ3v) is 10.3. The monoisotopic (exact) mass is 828 g/mol. The molecule has 0 spiro atoms. The topological polar surface area (TPSA) is 427 Å². The standard InChI is InChI=1S/C30H52O26/c31-1-6(35)22-13(38)19(44)28(53-22)50-8(3-33)24-15(40)21(46)30(55-24)52-9(4-34)25-16(41)20(45)29(56-25)51-7(2-32)23-14(39)18(43)27(54-23)48-5-10-11(36)12(37)17(42)26(47)49-10/h6-47H,1-5H2/t6-,7-,8-,9-,10-,11-,12+,13-,14-,15-,16-,17+,18-,19-,20-,21-,22+,23+,24+,25+,26+,27-,28-,29-,30-/m1/s1. The van der Waals surface area contributed by atoms with Crippen LogP contribution in [0.5, 0.6) is 0 Å². The lowest BCUT2D eigenvalue weighted by Gasteiger charge is -2.38. The first-order valence-electron chi connectivity index (χ1n) is 17.6. The summed E-state index contributed by atoms with van der Waals surface area (Å²) in [5.41, 5.74) is 0. The second-order valence-corrected chi connectivity index (χ2v) is 14.0. The van der Waals surface area contributed by atoms with Crippen molar-refractivity contribution in [1.82, 2.24) is 0 Å². The lowest BCUT2D eigenvalue weighted by molar-refractivity contribution is -0.299. The second kappa shape index (κ2) is 19.6. The van der Waals surface area contributed by atoms with Gasteiger partial charge in [0.2, 0.25) is 0 Å². The molecule has 0 unspecified atom stereocenters. The number of aliphatic hydroxyl groups excluding tert-OH is 17. The Morgan fingerprint density at radius 2 is 0.732 bits per heavy atom. The molecule has 17 N–H and O–H groups in total. The molecule has 5 rings (SSSR count). The van der Waals surface area contributed by atoms with E-state index in [2.05, 4.69) is 0 Å². The van der Waals surface area contributed by atoms with Gasteiger partial charge < -0.3 is 129 Å². The van der Waals surface area contributed by atoms with E-state index < -0.39 is 187 Å². The van der Waals surface area contributed by atoms with Crippen molar-refractivity contribution in [1.29, 1.82) is 0 Å². The number of hydrogen-bond donors (Lipinski definition) is 17. The molecule has 5 aliphatic heterocycles. The lowest BCUT2D eigenvalue weighted by atomic mass is 9.99. The molecule has 5 aliphatic rings. The van der Waals surface area contributed by atoms with Crippen LogP contribution in [0.25, 0.3) is 0 Å².